The number of hydrogen-bond acceptors (Lipinski definition) is 5. The molecule has 4 aromatic rings. The molecule has 0 saturated heterocycles. The molecule has 1 aromatic heterocycles. The monoisotopic (exact) mass is 478 g/mol. The van der Waals surface area contributed by atoms with E-state index in [1.54, 1.807) is 12.1 Å². The van der Waals surface area contributed by atoms with Crippen LogP contribution in [0, 0.1) is 6.92 Å². The first-order valence-corrected chi connectivity index (χ1v) is 10.7. The van der Waals surface area contributed by atoms with Crippen LogP contribution in [-0.2, 0) is 18.0 Å². The molecule has 2 heterocycles. The summed E-state index contributed by atoms with van der Waals surface area (Å²) in [6.07, 6.45) is 0. The van der Waals surface area contributed by atoms with Crippen LogP contribution in [0.1, 0.15) is 16.7 Å². The van der Waals surface area contributed by atoms with E-state index in [0.717, 1.165) is 37.9 Å². The molecule has 5 rings (SSSR count). The van der Waals surface area contributed by atoms with E-state index in [9.17, 15) is 4.79 Å². The van der Waals surface area contributed by atoms with Gasteiger partial charge < -0.3 is 18.6 Å². The minimum Gasteiger partial charge on any atom is -0.489 e. The first kappa shape index (κ1) is 19.8. The topological polar surface area (TPSA) is 57.9 Å². The minimum absolute atomic E-state index is 0.234. The lowest BCUT2D eigenvalue weighted by Gasteiger charge is -2.21. The highest BCUT2D eigenvalue weighted by molar-refractivity contribution is 9.10. The van der Waals surface area contributed by atoms with E-state index in [-0.39, 0.29) is 12.4 Å². The fourth-order valence-corrected chi connectivity index (χ4v) is 4.44. The summed E-state index contributed by atoms with van der Waals surface area (Å²) < 4.78 is 23.7. The van der Waals surface area contributed by atoms with E-state index < -0.39 is 0 Å². The first-order chi connectivity index (χ1) is 15.1. The summed E-state index contributed by atoms with van der Waals surface area (Å²) in [4.78, 5) is 12.6. The largest absolute Gasteiger partial charge is 0.489 e. The maximum absolute atomic E-state index is 12.6. The second-order valence-electron chi connectivity index (χ2n) is 7.37. The molecule has 0 spiro atoms. The molecule has 1 aliphatic rings. The van der Waals surface area contributed by atoms with E-state index in [0.29, 0.717) is 30.1 Å². The Bertz CT molecular complexity index is 1330. The van der Waals surface area contributed by atoms with Gasteiger partial charge in [0.15, 0.2) is 6.79 Å². The summed E-state index contributed by atoms with van der Waals surface area (Å²) in [5, 5.41) is 0.844. The maximum atomic E-state index is 12.6. The fraction of sp³-hybridized carbons (Fsp3) is 0.160. The third kappa shape index (κ3) is 3.84. The Morgan fingerprint density at radius 3 is 2.74 bits per heavy atom. The highest BCUT2D eigenvalue weighted by Gasteiger charge is 2.17. The predicted octanol–water partition coefficient (Wildman–Crippen LogP) is 5.98. The third-order valence-corrected chi connectivity index (χ3v) is 5.80. The van der Waals surface area contributed by atoms with E-state index in [1.807, 2.05) is 55.5 Å². The summed E-state index contributed by atoms with van der Waals surface area (Å²) >= 11 is 3.54. The number of hydrogen-bond donors (Lipinski definition) is 0. The average Bonchev–Trinajstić information content (AvgIpc) is 2.78. The molecule has 1 aliphatic heterocycles. The zero-order chi connectivity index (χ0) is 21.4. The normalized spacial score (nSPS) is 13.0. The molecule has 0 N–H and O–H groups in total. The van der Waals surface area contributed by atoms with Crippen molar-refractivity contribution >= 4 is 26.9 Å². The molecular weight excluding hydrogens is 460 g/mol. The lowest BCUT2D eigenvalue weighted by Crippen LogP contribution is -2.14. The smallest absolute Gasteiger partial charge is 0.344 e. The molecule has 156 valence electrons. The van der Waals surface area contributed by atoms with Crippen molar-refractivity contribution < 1.29 is 18.6 Å². The summed E-state index contributed by atoms with van der Waals surface area (Å²) in [6.45, 7) is 3.02. The quantitative estimate of drug-likeness (QED) is 0.338. The van der Waals surface area contributed by atoms with Crippen molar-refractivity contribution in [2.75, 3.05) is 6.79 Å². The van der Waals surface area contributed by atoms with Gasteiger partial charge in [0.1, 0.15) is 23.7 Å². The van der Waals surface area contributed by atoms with E-state index in [4.69, 9.17) is 18.6 Å². The van der Waals surface area contributed by atoms with Gasteiger partial charge >= 0.3 is 5.63 Å². The molecule has 0 fully saturated rings. The van der Waals surface area contributed by atoms with Crippen LogP contribution in [0.3, 0.4) is 0 Å². The Morgan fingerprint density at radius 1 is 1.06 bits per heavy atom. The highest BCUT2D eigenvalue weighted by atomic mass is 79.9. The van der Waals surface area contributed by atoms with Crippen molar-refractivity contribution in [2.24, 2.45) is 0 Å². The van der Waals surface area contributed by atoms with Gasteiger partial charge in [0.25, 0.3) is 0 Å². The van der Waals surface area contributed by atoms with Gasteiger partial charge in [-0.3, -0.25) is 0 Å². The highest BCUT2D eigenvalue weighted by Crippen LogP contribution is 2.33. The van der Waals surface area contributed by atoms with Gasteiger partial charge in [-0.1, -0.05) is 46.3 Å². The van der Waals surface area contributed by atoms with Crippen molar-refractivity contribution in [3.8, 4) is 22.6 Å². The molecule has 0 radical (unpaired) electrons. The molecule has 0 saturated carbocycles. The molecule has 3 aromatic carbocycles. The van der Waals surface area contributed by atoms with Crippen LogP contribution < -0.4 is 15.1 Å². The van der Waals surface area contributed by atoms with Crippen molar-refractivity contribution in [3.05, 3.63) is 92.2 Å². The van der Waals surface area contributed by atoms with Crippen LogP contribution in [0.15, 0.2) is 74.3 Å². The average molecular weight is 479 g/mol. The standard InChI is InChI=1S/C25H19BrO5/c1-15-21-11-20(29-13-18-10-19(26)9-17-12-28-14-30-24(17)18)7-8-22(21)31-25(27)23(15)16-5-3-2-4-6-16/h2-11H,12-14H2,1H3. The van der Waals surface area contributed by atoms with Crippen LogP contribution in [0.25, 0.3) is 22.1 Å². The van der Waals surface area contributed by atoms with Crippen LogP contribution >= 0.6 is 15.9 Å². The molecule has 0 bridgehead atoms. The van der Waals surface area contributed by atoms with Crippen molar-refractivity contribution in [1.82, 2.24) is 0 Å². The van der Waals surface area contributed by atoms with Gasteiger partial charge in [0.2, 0.25) is 0 Å². The zero-order valence-electron chi connectivity index (χ0n) is 16.8. The van der Waals surface area contributed by atoms with Crippen LogP contribution in [0.2, 0.25) is 0 Å². The molecule has 31 heavy (non-hydrogen) atoms. The van der Waals surface area contributed by atoms with Crippen molar-refractivity contribution in [2.45, 2.75) is 20.1 Å². The lowest BCUT2D eigenvalue weighted by molar-refractivity contribution is -0.0176. The number of fused-ring (bicyclic) bond motifs is 2. The van der Waals surface area contributed by atoms with Crippen LogP contribution in [-0.4, -0.2) is 6.79 Å². The molecule has 5 nitrogen and oxygen atoms in total. The lowest BCUT2D eigenvalue weighted by atomic mass is 9.99. The van der Waals surface area contributed by atoms with Crippen LogP contribution in [0.5, 0.6) is 11.5 Å². The number of ether oxygens (including phenoxy) is 3. The summed E-state index contributed by atoms with van der Waals surface area (Å²) in [6, 6.07) is 19.0. The second-order valence-corrected chi connectivity index (χ2v) is 8.28. The SMILES string of the molecule is Cc1c(-c2ccccc2)c(=O)oc2ccc(OCc3cc(Br)cc4c3OCOC4)cc12. The Balaban J connectivity index is 1.50. The molecule has 0 aliphatic carbocycles. The number of aryl methyl sites for hydroxylation is 1. The number of halogens is 1. The number of benzene rings is 3. The summed E-state index contributed by atoms with van der Waals surface area (Å²) in [5.41, 5.74) is 4.39. The number of rotatable bonds is 4. The van der Waals surface area contributed by atoms with Gasteiger partial charge in [-0.15, -0.1) is 0 Å². The molecule has 6 heteroatoms. The Morgan fingerprint density at radius 2 is 1.90 bits per heavy atom. The van der Waals surface area contributed by atoms with Gasteiger partial charge in [-0.2, -0.15) is 0 Å². The van der Waals surface area contributed by atoms with E-state index in [1.165, 1.54) is 0 Å². The van der Waals surface area contributed by atoms with E-state index in [2.05, 4.69) is 15.9 Å². The summed E-state index contributed by atoms with van der Waals surface area (Å²) in [5.74, 6) is 1.49. The predicted molar refractivity (Wildman–Crippen MR) is 121 cm³/mol. The van der Waals surface area contributed by atoms with Crippen molar-refractivity contribution in [1.29, 1.82) is 0 Å². The minimum atomic E-state index is -0.343. The molecule has 0 unspecified atom stereocenters. The molecule has 0 atom stereocenters. The van der Waals surface area contributed by atoms with Gasteiger partial charge in [-0.05, 0) is 48.4 Å². The van der Waals surface area contributed by atoms with Crippen molar-refractivity contribution in [3.63, 3.8) is 0 Å². The van der Waals surface area contributed by atoms with Gasteiger partial charge in [-0.25, -0.2) is 4.79 Å². The summed E-state index contributed by atoms with van der Waals surface area (Å²) in [7, 11) is 0. The Kier molecular flexibility index (Phi) is 5.26. The van der Waals surface area contributed by atoms with E-state index >= 15 is 0 Å². The molecule has 0 amide bonds. The molecular formula is C25H19BrO5. The maximum Gasteiger partial charge on any atom is 0.344 e. The van der Waals surface area contributed by atoms with Gasteiger partial charge in [0.05, 0.1) is 12.2 Å². The third-order valence-electron chi connectivity index (χ3n) is 5.35. The zero-order valence-corrected chi connectivity index (χ0v) is 18.4. The van der Waals surface area contributed by atoms with Crippen LogP contribution in [0.4, 0.5) is 0 Å². The fourth-order valence-electron chi connectivity index (χ4n) is 3.88. The Hall–Kier alpha value is -3.09. The second kappa shape index (κ2) is 8.21. The van der Waals surface area contributed by atoms with Gasteiger partial charge in [0, 0.05) is 21.0 Å². The first-order valence-electron chi connectivity index (χ1n) is 9.87. The Labute approximate surface area is 187 Å².